The SMILES string of the molecule is Cc1c(Cl)cccc1OCCCC(=O)N1CCCOc2c(-c3cnn(Cc4ccc(C(=O)NCC(O)CO)c(Cl)c4)c3)cccc21. The number of nitrogens with one attached hydrogen (secondary N) is 1. The van der Waals surface area contributed by atoms with Gasteiger partial charge in [-0.05, 0) is 55.7 Å². The minimum absolute atomic E-state index is 0.00425. The number of aromatic nitrogens is 2. The highest BCUT2D eigenvalue weighted by atomic mass is 35.5. The van der Waals surface area contributed by atoms with Gasteiger partial charge < -0.3 is 29.9 Å². The summed E-state index contributed by atoms with van der Waals surface area (Å²) in [5.41, 5.74) is 4.37. The van der Waals surface area contributed by atoms with E-state index in [2.05, 4.69) is 10.4 Å². The van der Waals surface area contributed by atoms with E-state index < -0.39 is 18.6 Å². The molecule has 2 amide bonds. The largest absolute Gasteiger partial charge is 0.493 e. The Morgan fingerprint density at radius 1 is 1.13 bits per heavy atom. The highest BCUT2D eigenvalue weighted by Gasteiger charge is 2.25. The molecule has 0 fully saturated rings. The fraction of sp³-hybridized carbons (Fsp3) is 0.324. The van der Waals surface area contributed by atoms with Crippen LogP contribution in [0.25, 0.3) is 11.1 Å². The summed E-state index contributed by atoms with van der Waals surface area (Å²) in [5, 5.41) is 26.4. The molecule has 46 heavy (non-hydrogen) atoms. The summed E-state index contributed by atoms with van der Waals surface area (Å²) >= 11 is 12.6. The standard InChI is InChI=1S/C34H36Cl2N4O6/c1-22-28(35)7-3-9-31(22)45-14-4-10-32(43)40-13-5-15-46-33-26(6-2-8-30(33)40)24-17-38-39(20-24)19-23-11-12-27(29(36)16-23)34(44)37-18-25(42)21-41/h2-3,6-9,11-12,16-17,20,25,41-42H,4-5,10,13-15,18-19,21H2,1H3,(H,37,44). The summed E-state index contributed by atoms with van der Waals surface area (Å²) in [6, 6.07) is 16.4. The van der Waals surface area contributed by atoms with E-state index in [4.69, 9.17) is 37.8 Å². The van der Waals surface area contributed by atoms with E-state index in [1.54, 1.807) is 34.0 Å². The molecule has 1 unspecified atom stereocenters. The lowest BCUT2D eigenvalue weighted by Crippen LogP contribution is -2.34. The molecule has 1 aliphatic heterocycles. The molecule has 3 aromatic carbocycles. The molecule has 242 valence electrons. The number of benzene rings is 3. The lowest BCUT2D eigenvalue weighted by Gasteiger charge is -2.23. The monoisotopic (exact) mass is 666 g/mol. The number of anilines is 1. The van der Waals surface area contributed by atoms with Crippen molar-refractivity contribution in [2.75, 3.05) is 37.8 Å². The van der Waals surface area contributed by atoms with Crippen LogP contribution in [0.2, 0.25) is 10.0 Å². The van der Waals surface area contributed by atoms with Gasteiger partial charge in [-0.3, -0.25) is 14.3 Å². The number of carbonyl (C=O) groups excluding carboxylic acids is 2. The van der Waals surface area contributed by atoms with Crippen LogP contribution in [-0.4, -0.2) is 70.8 Å². The predicted octanol–water partition coefficient (Wildman–Crippen LogP) is 5.27. The number of halogens is 2. The molecule has 0 aliphatic carbocycles. The Morgan fingerprint density at radius 3 is 2.76 bits per heavy atom. The third kappa shape index (κ3) is 8.00. The number of amides is 2. The first kappa shape index (κ1) is 33.3. The Kier molecular flexibility index (Phi) is 11.2. The van der Waals surface area contributed by atoms with E-state index in [-0.39, 0.29) is 23.0 Å². The second kappa shape index (κ2) is 15.5. The lowest BCUT2D eigenvalue weighted by molar-refractivity contribution is -0.118. The quantitative estimate of drug-likeness (QED) is 0.176. The van der Waals surface area contributed by atoms with E-state index in [0.29, 0.717) is 56.3 Å². The smallest absolute Gasteiger partial charge is 0.252 e. The van der Waals surface area contributed by atoms with E-state index >= 15 is 0 Å². The highest BCUT2D eigenvalue weighted by molar-refractivity contribution is 6.34. The van der Waals surface area contributed by atoms with Gasteiger partial charge in [-0.1, -0.05) is 47.5 Å². The van der Waals surface area contributed by atoms with Gasteiger partial charge in [0, 0.05) is 47.4 Å². The summed E-state index contributed by atoms with van der Waals surface area (Å²) in [6.45, 7) is 3.22. The van der Waals surface area contributed by atoms with Crippen LogP contribution in [0.5, 0.6) is 11.5 Å². The van der Waals surface area contributed by atoms with Crippen molar-refractivity contribution in [2.24, 2.45) is 0 Å². The molecule has 0 bridgehead atoms. The van der Waals surface area contributed by atoms with E-state index in [0.717, 1.165) is 33.7 Å². The maximum absolute atomic E-state index is 13.4. The molecule has 4 aromatic rings. The molecule has 0 saturated heterocycles. The summed E-state index contributed by atoms with van der Waals surface area (Å²) < 4.78 is 13.8. The van der Waals surface area contributed by atoms with Crippen molar-refractivity contribution in [1.82, 2.24) is 15.1 Å². The number of fused-ring (bicyclic) bond motifs is 1. The molecular weight excluding hydrogens is 631 g/mol. The first-order valence-electron chi connectivity index (χ1n) is 15.1. The number of para-hydroxylation sites is 1. The van der Waals surface area contributed by atoms with Gasteiger partial charge in [-0.25, -0.2) is 0 Å². The number of aliphatic hydroxyl groups is 2. The average molecular weight is 668 g/mol. The molecule has 12 heteroatoms. The Morgan fingerprint density at radius 2 is 1.96 bits per heavy atom. The molecule has 1 atom stereocenters. The van der Waals surface area contributed by atoms with Crippen LogP contribution >= 0.6 is 23.2 Å². The van der Waals surface area contributed by atoms with Gasteiger partial charge >= 0.3 is 0 Å². The fourth-order valence-corrected chi connectivity index (χ4v) is 5.62. The Hall–Kier alpha value is -4.09. The van der Waals surface area contributed by atoms with Crippen LogP contribution in [0.15, 0.2) is 67.0 Å². The third-order valence-electron chi connectivity index (χ3n) is 7.65. The number of hydrogen-bond acceptors (Lipinski definition) is 7. The van der Waals surface area contributed by atoms with Gasteiger partial charge in [0.05, 0.1) is 54.9 Å². The van der Waals surface area contributed by atoms with Crippen LogP contribution in [0.3, 0.4) is 0 Å². The minimum Gasteiger partial charge on any atom is -0.493 e. The van der Waals surface area contributed by atoms with Crippen molar-refractivity contribution in [3.63, 3.8) is 0 Å². The molecule has 0 radical (unpaired) electrons. The van der Waals surface area contributed by atoms with Crippen LogP contribution in [0.4, 0.5) is 5.69 Å². The second-order valence-electron chi connectivity index (χ2n) is 11.0. The van der Waals surface area contributed by atoms with Gasteiger partial charge in [-0.15, -0.1) is 0 Å². The molecular formula is C34H36Cl2N4O6. The molecule has 1 aliphatic rings. The number of rotatable bonds is 12. The van der Waals surface area contributed by atoms with Crippen molar-refractivity contribution in [3.8, 4) is 22.6 Å². The van der Waals surface area contributed by atoms with Crippen LogP contribution in [-0.2, 0) is 11.3 Å². The van der Waals surface area contributed by atoms with Crippen LogP contribution < -0.4 is 19.7 Å². The number of aliphatic hydroxyl groups excluding tert-OH is 2. The normalized spacial score (nSPS) is 13.4. The van der Waals surface area contributed by atoms with Crippen LogP contribution in [0, 0.1) is 6.92 Å². The van der Waals surface area contributed by atoms with Crippen molar-refractivity contribution in [1.29, 1.82) is 0 Å². The molecule has 0 spiro atoms. The molecule has 10 nitrogen and oxygen atoms in total. The van der Waals surface area contributed by atoms with Crippen molar-refractivity contribution >= 4 is 40.7 Å². The van der Waals surface area contributed by atoms with E-state index in [1.165, 1.54) is 0 Å². The number of nitrogens with zero attached hydrogens (tertiary/aromatic N) is 3. The number of ether oxygens (including phenoxy) is 2. The summed E-state index contributed by atoms with van der Waals surface area (Å²) in [4.78, 5) is 27.6. The average Bonchev–Trinajstić information content (AvgIpc) is 3.40. The Labute approximate surface area is 277 Å². The van der Waals surface area contributed by atoms with Crippen molar-refractivity contribution in [2.45, 2.75) is 38.8 Å². The second-order valence-corrected chi connectivity index (χ2v) is 11.8. The zero-order valence-electron chi connectivity index (χ0n) is 25.4. The first-order valence-corrected chi connectivity index (χ1v) is 15.8. The van der Waals surface area contributed by atoms with E-state index in [1.807, 2.05) is 49.5 Å². The fourth-order valence-electron chi connectivity index (χ4n) is 5.16. The van der Waals surface area contributed by atoms with Gasteiger partial charge in [0.1, 0.15) is 5.75 Å². The highest BCUT2D eigenvalue weighted by Crippen LogP contribution is 2.40. The van der Waals surface area contributed by atoms with E-state index in [9.17, 15) is 14.7 Å². The summed E-state index contributed by atoms with van der Waals surface area (Å²) in [5.74, 6) is 0.926. The van der Waals surface area contributed by atoms with Gasteiger partial charge in [0.25, 0.3) is 5.91 Å². The summed E-state index contributed by atoms with van der Waals surface area (Å²) in [6.07, 6.45) is 4.20. The third-order valence-corrected chi connectivity index (χ3v) is 8.37. The van der Waals surface area contributed by atoms with Gasteiger partial charge in [-0.2, -0.15) is 5.10 Å². The lowest BCUT2D eigenvalue weighted by atomic mass is 10.1. The molecule has 3 N–H and O–H groups in total. The first-order chi connectivity index (χ1) is 22.2. The molecule has 2 heterocycles. The van der Waals surface area contributed by atoms with Crippen molar-refractivity contribution < 1.29 is 29.3 Å². The maximum Gasteiger partial charge on any atom is 0.252 e. The Balaban J connectivity index is 1.25. The molecule has 1 aromatic heterocycles. The number of carbonyl (C=O) groups is 2. The van der Waals surface area contributed by atoms with Crippen molar-refractivity contribution in [3.05, 3.63) is 93.7 Å². The number of hydrogen-bond donors (Lipinski definition) is 3. The Bertz CT molecular complexity index is 1690. The minimum atomic E-state index is -1.04. The van der Waals surface area contributed by atoms with Crippen LogP contribution in [0.1, 0.15) is 40.7 Å². The zero-order chi connectivity index (χ0) is 32.6. The topological polar surface area (TPSA) is 126 Å². The predicted molar refractivity (Wildman–Crippen MR) is 177 cm³/mol. The zero-order valence-corrected chi connectivity index (χ0v) is 26.9. The van der Waals surface area contributed by atoms with Gasteiger partial charge in [0.2, 0.25) is 5.91 Å². The van der Waals surface area contributed by atoms with Gasteiger partial charge in [0.15, 0.2) is 5.75 Å². The maximum atomic E-state index is 13.4. The molecule has 5 rings (SSSR count). The summed E-state index contributed by atoms with van der Waals surface area (Å²) in [7, 11) is 0. The molecule has 0 saturated carbocycles.